The maximum absolute atomic E-state index is 11.3. The van der Waals surface area contributed by atoms with Crippen LogP contribution in [0.1, 0.15) is 26.7 Å². The molecule has 8 heteroatoms. The van der Waals surface area contributed by atoms with Gasteiger partial charge in [0, 0.05) is 30.8 Å². The third kappa shape index (κ3) is 6.98. The van der Waals surface area contributed by atoms with Crippen LogP contribution in [-0.4, -0.2) is 28.7 Å². The van der Waals surface area contributed by atoms with Crippen LogP contribution in [0, 0.1) is 10.1 Å². The summed E-state index contributed by atoms with van der Waals surface area (Å²) in [5.74, 6) is -0.231. The van der Waals surface area contributed by atoms with Crippen LogP contribution >= 0.6 is 12.2 Å². The number of benzene rings is 1. The SMILES string of the molecule is CC(C)OC(=O)CCCNC(=S)Nc1ccc([N+](=O)[O-])cc1. The molecule has 0 spiro atoms. The molecule has 22 heavy (non-hydrogen) atoms. The van der Waals surface area contributed by atoms with Crippen molar-refractivity contribution in [2.45, 2.75) is 32.8 Å². The van der Waals surface area contributed by atoms with Crippen LogP contribution in [0.5, 0.6) is 0 Å². The van der Waals surface area contributed by atoms with E-state index in [-0.39, 0.29) is 17.8 Å². The maximum Gasteiger partial charge on any atom is 0.306 e. The van der Waals surface area contributed by atoms with Crippen LogP contribution in [0.25, 0.3) is 0 Å². The Labute approximate surface area is 134 Å². The van der Waals surface area contributed by atoms with Crippen molar-refractivity contribution in [2.75, 3.05) is 11.9 Å². The van der Waals surface area contributed by atoms with Crippen LogP contribution in [0.2, 0.25) is 0 Å². The zero-order valence-electron chi connectivity index (χ0n) is 12.5. The van der Waals surface area contributed by atoms with E-state index in [1.165, 1.54) is 12.1 Å². The van der Waals surface area contributed by atoms with Gasteiger partial charge in [0.05, 0.1) is 11.0 Å². The zero-order chi connectivity index (χ0) is 16.5. The van der Waals surface area contributed by atoms with E-state index in [2.05, 4.69) is 10.6 Å². The molecule has 0 amide bonds. The van der Waals surface area contributed by atoms with Crippen molar-refractivity contribution in [1.82, 2.24) is 5.32 Å². The van der Waals surface area contributed by atoms with E-state index >= 15 is 0 Å². The van der Waals surface area contributed by atoms with E-state index in [1.54, 1.807) is 26.0 Å². The number of thiocarbonyl (C=S) groups is 1. The highest BCUT2D eigenvalue weighted by atomic mass is 32.1. The summed E-state index contributed by atoms with van der Waals surface area (Å²) in [6.07, 6.45) is 0.823. The molecule has 1 aromatic rings. The maximum atomic E-state index is 11.3. The molecular formula is C14H19N3O4S. The van der Waals surface area contributed by atoms with Crippen molar-refractivity contribution >= 4 is 34.7 Å². The lowest BCUT2D eigenvalue weighted by molar-refractivity contribution is -0.384. The van der Waals surface area contributed by atoms with Gasteiger partial charge in [0.2, 0.25) is 0 Å². The molecule has 0 saturated heterocycles. The van der Waals surface area contributed by atoms with Gasteiger partial charge in [-0.05, 0) is 44.6 Å². The second kappa shape index (κ2) is 8.93. The van der Waals surface area contributed by atoms with E-state index in [0.717, 1.165) is 0 Å². The third-order valence-corrected chi connectivity index (χ3v) is 2.79. The molecule has 0 aliphatic rings. The quantitative estimate of drug-likeness (QED) is 0.262. The minimum atomic E-state index is -0.462. The summed E-state index contributed by atoms with van der Waals surface area (Å²) in [6, 6.07) is 5.94. The second-order valence-corrected chi connectivity index (χ2v) is 5.24. The smallest absolute Gasteiger partial charge is 0.306 e. The van der Waals surface area contributed by atoms with Gasteiger partial charge in [0.25, 0.3) is 5.69 Å². The van der Waals surface area contributed by atoms with Gasteiger partial charge in [-0.25, -0.2) is 0 Å². The number of carbonyl (C=O) groups excluding carboxylic acids is 1. The van der Waals surface area contributed by atoms with Crippen molar-refractivity contribution in [3.05, 3.63) is 34.4 Å². The summed E-state index contributed by atoms with van der Waals surface area (Å²) >= 11 is 5.10. The first-order valence-corrected chi connectivity index (χ1v) is 7.28. The highest BCUT2D eigenvalue weighted by Crippen LogP contribution is 2.15. The van der Waals surface area contributed by atoms with Crippen molar-refractivity contribution in [3.63, 3.8) is 0 Å². The van der Waals surface area contributed by atoms with Crippen LogP contribution < -0.4 is 10.6 Å². The Bertz CT molecular complexity index is 531. The molecule has 0 atom stereocenters. The minimum absolute atomic E-state index is 0.0214. The standard InChI is InChI=1S/C14H19N3O4S/c1-10(2)21-13(18)4-3-9-15-14(22)16-11-5-7-12(8-6-11)17(19)20/h5-8,10H,3-4,9H2,1-2H3,(H2,15,16,22). The molecule has 1 rings (SSSR count). The number of non-ortho nitro benzene ring substituents is 1. The van der Waals surface area contributed by atoms with Crippen LogP contribution in [0.4, 0.5) is 11.4 Å². The predicted molar refractivity (Wildman–Crippen MR) is 87.8 cm³/mol. The molecule has 0 aromatic heterocycles. The summed E-state index contributed by atoms with van der Waals surface area (Å²) in [5, 5.41) is 16.8. The van der Waals surface area contributed by atoms with Crippen LogP contribution in [-0.2, 0) is 9.53 Å². The number of hydrogen-bond acceptors (Lipinski definition) is 5. The normalized spacial score (nSPS) is 10.1. The van der Waals surface area contributed by atoms with E-state index in [1.807, 2.05) is 0 Å². The Morgan fingerprint density at radius 3 is 2.55 bits per heavy atom. The fourth-order valence-corrected chi connectivity index (χ4v) is 1.82. The summed E-state index contributed by atoms with van der Waals surface area (Å²) < 4.78 is 5.01. The highest BCUT2D eigenvalue weighted by molar-refractivity contribution is 7.80. The molecule has 0 heterocycles. The first-order valence-electron chi connectivity index (χ1n) is 6.87. The predicted octanol–water partition coefficient (Wildman–Crippen LogP) is 2.61. The number of carbonyl (C=O) groups is 1. The molecule has 1 aromatic carbocycles. The lowest BCUT2D eigenvalue weighted by atomic mass is 10.3. The van der Waals surface area contributed by atoms with Gasteiger partial charge < -0.3 is 15.4 Å². The fraction of sp³-hybridized carbons (Fsp3) is 0.429. The molecule has 0 fully saturated rings. The van der Waals surface area contributed by atoms with Gasteiger partial charge in [0.15, 0.2) is 5.11 Å². The molecule has 2 N–H and O–H groups in total. The largest absolute Gasteiger partial charge is 0.463 e. The van der Waals surface area contributed by atoms with Crippen LogP contribution in [0.3, 0.4) is 0 Å². The Balaban J connectivity index is 2.26. The minimum Gasteiger partial charge on any atom is -0.463 e. The summed E-state index contributed by atoms with van der Waals surface area (Å²) in [6.45, 7) is 4.14. The lowest BCUT2D eigenvalue weighted by Crippen LogP contribution is -2.29. The monoisotopic (exact) mass is 325 g/mol. The van der Waals surface area contributed by atoms with Crippen molar-refractivity contribution in [3.8, 4) is 0 Å². The van der Waals surface area contributed by atoms with E-state index < -0.39 is 4.92 Å². The summed E-state index contributed by atoms with van der Waals surface area (Å²) in [5.41, 5.74) is 0.676. The van der Waals surface area contributed by atoms with E-state index in [9.17, 15) is 14.9 Å². The van der Waals surface area contributed by atoms with E-state index in [0.29, 0.717) is 30.2 Å². The number of anilines is 1. The second-order valence-electron chi connectivity index (χ2n) is 4.83. The van der Waals surface area contributed by atoms with Gasteiger partial charge in [-0.3, -0.25) is 14.9 Å². The van der Waals surface area contributed by atoms with Crippen molar-refractivity contribution < 1.29 is 14.5 Å². The number of nitrogens with zero attached hydrogens (tertiary/aromatic N) is 1. The van der Waals surface area contributed by atoms with Gasteiger partial charge >= 0.3 is 5.97 Å². The van der Waals surface area contributed by atoms with Gasteiger partial charge in [0.1, 0.15) is 0 Å². The first kappa shape index (κ1) is 17.8. The van der Waals surface area contributed by atoms with Gasteiger partial charge in [-0.2, -0.15) is 0 Å². The molecule has 0 radical (unpaired) electrons. The molecule has 0 saturated carbocycles. The number of nitro groups is 1. The highest BCUT2D eigenvalue weighted by Gasteiger charge is 2.06. The molecule has 120 valence electrons. The molecule has 0 bridgehead atoms. The molecule has 7 nitrogen and oxygen atoms in total. The summed E-state index contributed by atoms with van der Waals surface area (Å²) in [4.78, 5) is 21.4. The Morgan fingerprint density at radius 1 is 1.36 bits per heavy atom. The molecule has 0 unspecified atom stereocenters. The third-order valence-electron chi connectivity index (χ3n) is 2.55. The topological polar surface area (TPSA) is 93.5 Å². The van der Waals surface area contributed by atoms with Gasteiger partial charge in [-0.15, -0.1) is 0 Å². The van der Waals surface area contributed by atoms with E-state index in [4.69, 9.17) is 17.0 Å². The number of ether oxygens (including phenoxy) is 1. The number of rotatable bonds is 7. The molecule has 0 aliphatic heterocycles. The Hall–Kier alpha value is -2.22. The van der Waals surface area contributed by atoms with Crippen molar-refractivity contribution in [1.29, 1.82) is 0 Å². The lowest BCUT2D eigenvalue weighted by Gasteiger charge is -2.11. The fourth-order valence-electron chi connectivity index (χ4n) is 1.60. The average Bonchev–Trinajstić information content (AvgIpc) is 2.43. The number of nitrogens with one attached hydrogen (secondary N) is 2. The summed E-state index contributed by atoms with van der Waals surface area (Å²) in [7, 11) is 0. The number of hydrogen-bond donors (Lipinski definition) is 2. The van der Waals surface area contributed by atoms with Crippen molar-refractivity contribution in [2.24, 2.45) is 0 Å². The number of esters is 1. The van der Waals surface area contributed by atoms with Crippen LogP contribution in [0.15, 0.2) is 24.3 Å². The first-order chi connectivity index (χ1) is 10.4. The molecule has 0 aliphatic carbocycles. The number of nitro benzene ring substituents is 1. The average molecular weight is 325 g/mol. The molecular weight excluding hydrogens is 306 g/mol. The Morgan fingerprint density at radius 2 is 2.00 bits per heavy atom. The Kier molecular flexibility index (Phi) is 7.24. The van der Waals surface area contributed by atoms with Gasteiger partial charge in [-0.1, -0.05) is 0 Å². The zero-order valence-corrected chi connectivity index (χ0v) is 13.3.